The first kappa shape index (κ1) is 15.8. The van der Waals surface area contributed by atoms with Crippen LogP contribution in [0.25, 0.3) is 6.08 Å². The summed E-state index contributed by atoms with van der Waals surface area (Å²) in [4.78, 5) is 15.5. The van der Waals surface area contributed by atoms with Crippen molar-refractivity contribution in [2.45, 2.75) is 12.7 Å². The Bertz CT molecular complexity index is 667. The van der Waals surface area contributed by atoms with Crippen molar-refractivity contribution in [3.63, 3.8) is 0 Å². The number of carbonyl (C=O) groups is 1. The number of hydrogen-bond acceptors (Lipinski definition) is 2. The van der Waals surface area contributed by atoms with Crippen LogP contribution in [0, 0.1) is 0 Å². The van der Waals surface area contributed by atoms with Crippen LogP contribution in [0.2, 0.25) is 0 Å². The third kappa shape index (κ3) is 4.73. The summed E-state index contributed by atoms with van der Waals surface area (Å²) in [5, 5.41) is 2.53. The van der Waals surface area contributed by atoms with E-state index in [1.165, 1.54) is 18.2 Å². The Kier molecular flexibility index (Phi) is 4.93. The summed E-state index contributed by atoms with van der Waals surface area (Å²) < 4.78 is 37.7. The average molecular weight is 306 g/mol. The number of hydrogen-bond donors (Lipinski definition) is 1. The van der Waals surface area contributed by atoms with Gasteiger partial charge in [-0.25, -0.2) is 0 Å². The summed E-state index contributed by atoms with van der Waals surface area (Å²) in [6.45, 7) is 0.0279. The van der Waals surface area contributed by atoms with E-state index >= 15 is 0 Å². The molecule has 0 fully saturated rings. The van der Waals surface area contributed by atoms with Gasteiger partial charge in [-0.3, -0.25) is 9.78 Å². The van der Waals surface area contributed by atoms with E-state index in [1.807, 2.05) is 0 Å². The van der Waals surface area contributed by atoms with E-state index in [9.17, 15) is 18.0 Å². The van der Waals surface area contributed by atoms with Crippen LogP contribution in [0.15, 0.2) is 54.9 Å². The zero-order valence-electron chi connectivity index (χ0n) is 11.5. The molecule has 0 aliphatic rings. The first-order valence-corrected chi connectivity index (χ1v) is 6.47. The number of benzene rings is 1. The van der Waals surface area contributed by atoms with E-state index in [-0.39, 0.29) is 12.5 Å². The lowest BCUT2D eigenvalue weighted by Crippen LogP contribution is -2.20. The maximum atomic E-state index is 12.6. The lowest BCUT2D eigenvalue weighted by Gasteiger charge is -2.08. The molecular formula is C16H13F3N2O. The molecule has 1 amide bonds. The number of rotatable bonds is 4. The molecule has 22 heavy (non-hydrogen) atoms. The molecule has 1 aromatic heterocycles. The molecule has 0 aliphatic heterocycles. The van der Waals surface area contributed by atoms with Crippen molar-refractivity contribution >= 4 is 12.0 Å². The molecule has 0 atom stereocenters. The molecule has 0 aliphatic carbocycles. The fraction of sp³-hybridized carbons (Fsp3) is 0.125. The number of carbonyl (C=O) groups excluding carboxylic acids is 1. The van der Waals surface area contributed by atoms with Gasteiger partial charge >= 0.3 is 6.18 Å². The third-order valence-corrected chi connectivity index (χ3v) is 2.83. The highest BCUT2D eigenvalue weighted by molar-refractivity contribution is 5.91. The van der Waals surface area contributed by atoms with E-state index < -0.39 is 11.7 Å². The van der Waals surface area contributed by atoms with Crippen molar-refractivity contribution in [3.05, 3.63) is 71.6 Å². The molecule has 2 rings (SSSR count). The van der Waals surface area contributed by atoms with Crippen LogP contribution in [0.4, 0.5) is 13.2 Å². The van der Waals surface area contributed by atoms with Crippen molar-refractivity contribution in [3.8, 4) is 0 Å². The standard InChI is InChI=1S/C16H13F3N2O/c17-16(18,19)14-5-1-3-13(9-14)11-21-15(22)7-6-12-4-2-8-20-10-12/h1-10H,11H2,(H,21,22)/b7-6+. The second-order valence-corrected chi connectivity index (χ2v) is 4.54. The summed E-state index contributed by atoms with van der Waals surface area (Å²) in [5.41, 5.74) is 0.417. The molecule has 114 valence electrons. The number of nitrogens with one attached hydrogen (secondary N) is 1. The van der Waals surface area contributed by atoms with Crippen LogP contribution in [0.1, 0.15) is 16.7 Å². The molecule has 2 aromatic rings. The zero-order valence-corrected chi connectivity index (χ0v) is 11.5. The number of aromatic nitrogens is 1. The SMILES string of the molecule is O=C(/C=C/c1cccnc1)NCc1cccc(C(F)(F)F)c1. The van der Waals surface area contributed by atoms with Gasteiger partial charge in [-0.05, 0) is 35.4 Å². The normalized spacial score (nSPS) is 11.6. The molecule has 0 saturated heterocycles. The topological polar surface area (TPSA) is 42.0 Å². The third-order valence-electron chi connectivity index (χ3n) is 2.83. The lowest BCUT2D eigenvalue weighted by atomic mass is 10.1. The molecule has 0 unspecified atom stereocenters. The highest BCUT2D eigenvalue weighted by atomic mass is 19.4. The van der Waals surface area contributed by atoms with Gasteiger partial charge < -0.3 is 5.32 Å². The van der Waals surface area contributed by atoms with Crippen LogP contribution in [0.5, 0.6) is 0 Å². The monoisotopic (exact) mass is 306 g/mol. The molecule has 0 radical (unpaired) electrons. The average Bonchev–Trinajstić information content (AvgIpc) is 2.51. The van der Waals surface area contributed by atoms with Crippen molar-refractivity contribution in [1.29, 1.82) is 0 Å². The maximum Gasteiger partial charge on any atom is 0.416 e. The molecule has 6 heteroatoms. The molecule has 1 N–H and O–H groups in total. The predicted molar refractivity (Wildman–Crippen MR) is 76.6 cm³/mol. The van der Waals surface area contributed by atoms with Crippen molar-refractivity contribution in [2.75, 3.05) is 0 Å². The van der Waals surface area contributed by atoms with Gasteiger partial charge in [0.25, 0.3) is 0 Å². The van der Waals surface area contributed by atoms with Crippen LogP contribution in [-0.2, 0) is 17.5 Å². The summed E-state index contributed by atoms with van der Waals surface area (Å²) >= 11 is 0. The number of amides is 1. The Morgan fingerprint density at radius 2 is 2.05 bits per heavy atom. The number of nitrogens with zero attached hydrogens (tertiary/aromatic N) is 1. The van der Waals surface area contributed by atoms with E-state index in [0.29, 0.717) is 5.56 Å². The van der Waals surface area contributed by atoms with Gasteiger partial charge in [-0.2, -0.15) is 13.2 Å². The predicted octanol–water partition coefficient (Wildman–Crippen LogP) is 3.43. The first-order valence-electron chi connectivity index (χ1n) is 6.47. The lowest BCUT2D eigenvalue weighted by molar-refractivity contribution is -0.137. The molecule has 1 heterocycles. The maximum absolute atomic E-state index is 12.6. The molecular weight excluding hydrogens is 293 g/mol. The van der Waals surface area contributed by atoms with Gasteiger partial charge in [0.2, 0.25) is 5.91 Å². The smallest absolute Gasteiger partial charge is 0.348 e. The highest BCUT2D eigenvalue weighted by Gasteiger charge is 2.30. The Morgan fingerprint density at radius 3 is 2.73 bits per heavy atom. The minimum atomic E-state index is -4.39. The van der Waals surface area contributed by atoms with Gasteiger partial charge in [0.1, 0.15) is 0 Å². The van der Waals surface area contributed by atoms with E-state index in [4.69, 9.17) is 0 Å². The Balaban J connectivity index is 1.93. The molecule has 0 saturated carbocycles. The highest BCUT2D eigenvalue weighted by Crippen LogP contribution is 2.29. The largest absolute Gasteiger partial charge is 0.416 e. The number of halogens is 3. The summed E-state index contributed by atoms with van der Waals surface area (Å²) in [7, 11) is 0. The van der Waals surface area contributed by atoms with E-state index in [1.54, 1.807) is 30.6 Å². The van der Waals surface area contributed by atoms with Crippen molar-refractivity contribution in [1.82, 2.24) is 10.3 Å². The fourth-order valence-electron chi connectivity index (χ4n) is 1.75. The van der Waals surface area contributed by atoms with E-state index in [2.05, 4.69) is 10.3 Å². The Labute approximate surface area is 125 Å². The molecule has 0 spiro atoms. The van der Waals surface area contributed by atoms with Crippen LogP contribution >= 0.6 is 0 Å². The number of pyridine rings is 1. The quantitative estimate of drug-likeness (QED) is 0.879. The molecule has 3 nitrogen and oxygen atoms in total. The summed E-state index contributed by atoms with van der Waals surface area (Å²) in [5.74, 6) is -0.388. The second-order valence-electron chi connectivity index (χ2n) is 4.54. The molecule has 0 bridgehead atoms. The Morgan fingerprint density at radius 1 is 1.23 bits per heavy atom. The summed E-state index contributed by atoms with van der Waals surface area (Å²) in [6, 6.07) is 8.37. The number of alkyl halides is 3. The molecule has 1 aromatic carbocycles. The first-order chi connectivity index (χ1) is 10.4. The van der Waals surface area contributed by atoms with Crippen LogP contribution in [-0.4, -0.2) is 10.9 Å². The van der Waals surface area contributed by atoms with Crippen molar-refractivity contribution < 1.29 is 18.0 Å². The van der Waals surface area contributed by atoms with Crippen LogP contribution in [0.3, 0.4) is 0 Å². The second kappa shape index (κ2) is 6.89. The minimum absolute atomic E-state index is 0.0279. The van der Waals surface area contributed by atoms with E-state index in [0.717, 1.165) is 17.7 Å². The van der Waals surface area contributed by atoms with Gasteiger partial charge in [0, 0.05) is 25.0 Å². The van der Waals surface area contributed by atoms with Gasteiger partial charge in [-0.15, -0.1) is 0 Å². The Hall–Kier alpha value is -2.63. The van der Waals surface area contributed by atoms with Gasteiger partial charge in [0.05, 0.1) is 5.56 Å². The van der Waals surface area contributed by atoms with Crippen molar-refractivity contribution in [2.24, 2.45) is 0 Å². The summed E-state index contributed by atoms with van der Waals surface area (Å²) in [6.07, 6.45) is 1.71. The fourth-order valence-corrected chi connectivity index (χ4v) is 1.75. The van der Waals surface area contributed by atoms with Crippen LogP contribution < -0.4 is 5.32 Å². The minimum Gasteiger partial charge on any atom is -0.348 e. The van der Waals surface area contributed by atoms with Gasteiger partial charge in [-0.1, -0.05) is 18.2 Å². The van der Waals surface area contributed by atoms with Gasteiger partial charge in [0.15, 0.2) is 0 Å². The zero-order chi connectivity index (χ0) is 16.0.